The Balaban J connectivity index is 3.10. The average molecular weight is 245 g/mol. The van der Waals surface area contributed by atoms with Gasteiger partial charge in [-0.05, 0) is 0 Å². The van der Waals surface area contributed by atoms with Crippen molar-refractivity contribution in [1.29, 1.82) is 0 Å². The Morgan fingerprint density at radius 3 is 1.67 bits per heavy atom. The van der Waals surface area contributed by atoms with Crippen LogP contribution in [0.4, 0.5) is 0 Å². The molecule has 0 heterocycles. The second kappa shape index (κ2) is 4.54. The summed E-state index contributed by atoms with van der Waals surface area (Å²) in [5.74, 6) is -0.826. The third kappa shape index (κ3) is 7.67. The molecule has 0 aromatic heterocycles. The molecule has 4 nitrogen and oxygen atoms in total. The van der Waals surface area contributed by atoms with Crippen LogP contribution in [0.25, 0.3) is 0 Å². The van der Waals surface area contributed by atoms with Gasteiger partial charge in [0.05, 0.1) is 0 Å². The van der Waals surface area contributed by atoms with E-state index < -0.39 is 34.0 Å². The summed E-state index contributed by atoms with van der Waals surface area (Å²) < 4.78 is 8.76. The predicted molar refractivity (Wildman–Crippen MR) is 23.5 cm³/mol. The molecule has 0 unspecified atom stereocenters. The topological polar surface area (TPSA) is 52.6 Å². The molecule has 0 N–H and O–H groups in total. The fourth-order valence-electron chi connectivity index (χ4n) is 0.104. The monoisotopic (exact) mass is 245 g/mol. The summed E-state index contributed by atoms with van der Waals surface area (Å²) in [6.45, 7) is 2.53. The molecule has 0 amide bonds. The number of halogens is 1. The molecule has 0 aromatic rings. The minimum absolute atomic E-state index is 0.413. The van der Waals surface area contributed by atoms with E-state index in [1.165, 1.54) is 13.8 Å². The SMILES string of the molecule is CC(=O)O[I-]OC(C)=O. The van der Waals surface area contributed by atoms with Crippen LogP contribution in [0.3, 0.4) is 0 Å². The molecule has 0 fully saturated rings. The number of hydrogen-bond donors (Lipinski definition) is 0. The van der Waals surface area contributed by atoms with Crippen LogP contribution in [0.5, 0.6) is 0 Å². The van der Waals surface area contributed by atoms with Crippen molar-refractivity contribution in [1.82, 2.24) is 0 Å². The van der Waals surface area contributed by atoms with Crippen molar-refractivity contribution >= 4 is 11.9 Å². The van der Waals surface area contributed by atoms with Gasteiger partial charge in [0.1, 0.15) is 0 Å². The normalized spacial score (nSPS) is 8.67. The first kappa shape index (κ1) is 8.67. The van der Waals surface area contributed by atoms with Gasteiger partial charge in [-0.15, -0.1) is 0 Å². The number of carbonyl (C=O) groups excluding carboxylic acids is 2. The molecule has 9 heavy (non-hydrogen) atoms. The van der Waals surface area contributed by atoms with Gasteiger partial charge in [0.25, 0.3) is 0 Å². The Morgan fingerprint density at radius 2 is 1.44 bits per heavy atom. The van der Waals surface area contributed by atoms with Gasteiger partial charge >= 0.3 is 63.5 Å². The van der Waals surface area contributed by atoms with Gasteiger partial charge in [0, 0.05) is 0 Å². The quantitative estimate of drug-likeness (QED) is 0.487. The summed E-state index contributed by atoms with van der Waals surface area (Å²) in [6.07, 6.45) is 0. The van der Waals surface area contributed by atoms with E-state index in [0.717, 1.165) is 0 Å². The van der Waals surface area contributed by atoms with Gasteiger partial charge in [-0.3, -0.25) is 0 Å². The van der Waals surface area contributed by atoms with Crippen molar-refractivity contribution in [3.05, 3.63) is 0 Å². The number of carbonyl (C=O) groups is 2. The molecule has 54 valence electrons. The summed E-state index contributed by atoms with van der Waals surface area (Å²) in [6, 6.07) is 0. The standard InChI is InChI=1S/C4H6IO4/c1-3(6)8-5-9-4(2)7/h1-2H3/q-1. The van der Waals surface area contributed by atoms with Crippen molar-refractivity contribution < 1.29 is 37.8 Å². The van der Waals surface area contributed by atoms with E-state index in [2.05, 4.69) is 6.13 Å². The van der Waals surface area contributed by atoms with Gasteiger partial charge < -0.3 is 0 Å². The fraction of sp³-hybridized carbons (Fsp3) is 0.500. The zero-order valence-electron chi connectivity index (χ0n) is 5.01. The van der Waals surface area contributed by atoms with E-state index in [4.69, 9.17) is 0 Å². The Hall–Kier alpha value is -0.330. The molecule has 0 bridgehead atoms. The number of rotatable bonds is 2. The van der Waals surface area contributed by atoms with Crippen molar-refractivity contribution in [2.75, 3.05) is 0 Å². The first-order chi connectivity index (χ1) is 4.13. The van der Waals surface area contributed by atoms with Gasteiger partial charge in [-0.25, -0.2) is 0 Å². The zero-order valence-corrected chi connectivity index (χ0v) is 7.17. The summed E-state index contributed by atoms with van der Waals surface area (Å²) >= 11 is -1.15. The molecule has 5 heteroatoms. The van der Waals surface area contributed by atoms with Crippen molar-refractivity contribution in [2.24, 2.45) is 0 Å². The van der Waals surface area contributed by atoms with E-state index in [-0.39, 0.29) is 0 Å². The van der Waals surface area contributed by atoms with E-state index in [9.17, 15) is 9.59 Å². The van der Waals surface area contributed by atoms with Crippen LogP contribution in [0, 0.1) is 0 Å². The van der Waals surface area contributed by atoms with Crippen LogP contribution in [-0.2, 0) is 15.7 Å². The molecule has 0 aliphatic carbocycles. The average Bonchev–Trinajstić information content (AvgIpc) is 1.63. The van der Waals surface area contributed by atoms with Gasteiger partial charge in [-0.1, -0.05) is 0 Å². The number of hydrogen-bond acceptors (Lipinski definition) is 4. The van der Waals surface area contributed by atoms with Crippen LogP contribution in [0.2, 0.25) is 0 Å². The molecule has 0 spiro atoms. The van der Waals surface area contributed by atoms with Crippen LogP contribution >= 0.6 is 0 Å². The molecule has 0 radical (unpaired) electrons. The summed E-state index contributed by atoms with van der Waals surface area (Å²) in [7, 11) is 0. The van der Waals surface area contributed by atoms with E-state index >= 15 is 0 Å². The van der Waals surface area contributed by atoms with Crippen LogP contribution in [-0.4, -0.2) is 11.9 Å². The molecule has 0 aromatic carbocycles. The van der Waals surface area contributed by atoms with E-state index in [1.54, 1.807) is 0 Å². The third-order valence-electron chi connectivity index (χ3n) is 0.280. The van der Waals surface area contributed by atoms with E-state index in [1.807, 2.05) is 0 Å². The van der Waals surface area contributed by atoms with Gasteiger partial charge in [0.2, 0.25) is 0 Å². The molecule has 0 saturated heterocycles. The first-order valence-corrected chi connectivity index (χ1v) is 3.89. The summed E-state index contributed by atoms with van der Waals surface area (Å²) in [5.41, 5.74) is 0. The Morgan fingerprint density at radius 1 is 1.11 bits per heavy atom. The Kier molecular flexibility index (Phi) is 4.37. The zero-order chi connectivity index (χ0) is 7.28. The molecular weight excluding hydrogens is 239 g/mol. The van der Waals surface area contributed by atoms with E-state index in [0.29, 0.717) is 0 Å². The van der Waals surface area contributed by atoms with Crippen LogP contribution in [0.1, 0.15) is 13.8 Å². The molecule has 0 saturated carbocycles. The van der Waals surface area contributed by atoms with Gasteiger partial charge in [0.15, 0.2) is 0 Å². The second-order valence-electron chi connectivity index (χ2n) is 1.20. The van der Waals surface area contributed by atoms with Crippen molar-refractivity contribution in [3.63, 3.8) is 0 Å². The maximum atomic E-state index is 10.0. The summed E-state index contributed by atoms with van der Waals surface area (Å²) in [4.78, 5) is 20.1. The van der Waals surface area contributed by atoms with Crippen molar-refractivity contribution in [2.45, 2.75) is 13.8 Å². The first-order valence-electron chi connectivity index (χ1n) is 2.13. The second-order valence-corrected chi connectivity index (χ2v) is 2.44. The molecule has 0 aliphatic rings. The van der Waals surface area contributed by atoms with Gasteiger partial charge in [-0.2, -0.15) is 0 Å². The predicted octanol–water partition coefficient (Wildman–Crippen LogP) is -2.97. The molecule has 0 aliphatic heterocycles. The Labute approximate surface area is 63.9 Å². The van der Waals surface area contributed by atoms with Crippen LogP contribution in [0.15, 0.2) is 0 Å². The minimum atomic E-state index is -1.15. The third-order valence-corrected chi connectivity index (χ3v) is 1.88. The molecule has 0 rings (SSSR count). The fourth-order valence-corrected chi connectivity index (χ4v) is 0.701. The molecular formula is C4H6IO4-. The maximum absolute atomic E-state index is 10.0. The van der Waals surface area contributed by atoms with Crippen molar-refractivity contribution in [3.8, 4) is 0 Å². The summed E-state index contributed by atoms with van der Waals surface area (Å²) in [5, 5.41) is 0. The molecule has 0 atom stereocenters. The Bertz CT molecular complexity index is 108. The van der Waals surface area contributed by atoms with Crippen LogP contribution < -0.4 is 22.0 Å².